The number of amides is 2. The van der Waals surface area contributed by atoms with Crippen molar-refractivity contribution < 1.29 is 9.59 Å². The predicted molar refractivity (Wildman–Crippen MR) is 124 cm³/mol. The topological polar surface area (TPSA) is 55.9 Å². The first-order chi connectivity index (χ1) is 14.9. The molecule has 31 heavy (non-hydrogen) atoms. The third-order valence-electron chi connectivity index (χ3n) is 6.18. The number of hydrogen-bond donors (Lipinski definition) is 1. The molecule has 7 heteroatoms. The summed E-state index contributed by atoms with van der Waals surface area (Å²) >= 11 is 6.32. The Morgan fingerprint density at radius 3 is 2.32 bits per heavy atom. The van der Waals surface area contributed by atoms with Crippen molar-refractivity contribution in [3.05, 3.63) is 64.7 Å². The largest absolute Gasteiger partial charge is 0.380 e. The first kappa shape index (κ1) is 21.7. The molecule has 2 aliphatic rings. The number of nitrogens with zero attached hydrogens (tertiary/aromatic N) is 3. The van der Waals surface area contributed by atoms with Crippen LogP contribution in [-0.4, -0.2) is 78.9 Å². The van der Waals surface area contributed by atoms with Gasteiger partial charge in [0, 0.05) is 57.6 Å². The third kappa shape index (κ3) is 4.86. The lowest BCUT2D eigenvalue weighted by Gasteiger charge is -2.47. The lowest BCUT2D eigenvalue weighted by Crippen LogP contribution is -2.60. The summed E-state index contributed by atoms with van der Waals surface area (Å²) in [5, 5.41) is 3.98. The SMILES string of the molecule is CN(C)C(=O)c1ccc(NC2CN(C3CCN(C(=O)c4ccccc4)CC3)C2)cc1Cl. The van der Waals surface area contributed by atoms with Crippen LogP contribution in [0.5, 0.6) is 0 Å². The molecule has 2 saturated heterocycles. The smallest absolute Gasteiger partial charge is 0.254 e. The standard InChI is InChI=1S/C24H29ClN4O2/c1-27(2)24(31)21-9-8-18(14-22(21)25)26-19-15-29(16-19)20-10-12-28(13-11-20)23(30)17-6-4-3-5-7-17/h3-9,14,19-20,26H,10-13,15-16H2,1-2H3. The van der Waals surface area contributed by atoms with E-state index in [1.165, 1.54) is 4.90 Å². The highest BCUT2D eigenvalue weighted by molar-refractivity contribution is 6.34. The second kappa shape index (κ2) is 9.28. The van der Waals surface area contributed by atoms with Crippen molar-refractivity contribution in [1.29, 1.82) is 0 Å². The highest BCUT2D eigenvalue weighted by Crippen LogP contribution is 2.27. The van der Waals surface area contributed by atoms with E-state index in [0.717, 1.165) is 50.3 Å². The quantitative estimate of drug-likeness (QED) is 0.773. The van der Waals surface area contributed by atoms with Gasteiger partial charge in [0.25, 0.3) is 11.8 Å². The molecule has 0 saturated carbocycles. The monoisotopic (exact) mass is 440 g/mol. The maximum atomic E-state index is 12.6. The van der Waals surface area contributed by atoms with Crippen LogP contribution < -0.4 is 5.32 Å². The van der Waals surface area contributed by atoms with Gasteiger partial charge >= 0.3 is 0 Å². The van der Waals surface area contributed by atoms with Gasteiger partial charge in [0.15, 0.2) is 0 Å². The molecule has 2 aromatic rings. The number of carbonyl (C=O) groups is 2. The molecule has 0 unspecified atom stereocenters. The summed E-state index contributed by atoms with van der Waals surface area (Å²) in [6.45, 7) is 3.58. The summed E-state index contributed by atoms with van der Waals surface area (Å²) in [6, 6.07) is 15.9. The third-order valence-corrected chi connectivity index (χ3v) is 6.49. The molecule has 2 heterocycles. The average molecular weight is 441 g/mol. The second-order valence-corrected chi connectivity index (χ2v) is 8.99. The van der Waals surface area contributed by atoms with E-state index in [2.05, 4.69) is 10.2 Å². The van der Waals surface area contributed by atoms with Gasteiger partial charge in [-0.3, -0.25) is 14.5 Å². The van der Waals surface area contributed by atoms with Crippen LogP contribution in [0.1, 0.15) is 33.6 Å². The first-order valence-corrected chi connectivity index (χ1v) is 11.2. The van der Waals surface area contributed by atoms with Crippen molar-refractivity contribution in [3.63, 3.8) is 0 Å². The van der Waals surface area contributed by atoms with Crippen LogP contribution in [0.15, 0.2) is 48.5 Å². The second-order valence-electron chi connectivity index (χ2n) is 8.58. The molecular weight excluding hydrogens is 412 g/mol. The zero-order valence-electron chi connectivity index (χ0n) is 18.1. The van der Waals surface area contributed by atoms with Crippen molar-refractivity contribution in [2.45, 2.75) is 24.9 Å². The van der Waals surface area contributed by atoms with Crippen molar-refractivity contribution in [1.82, 2.24) is 14.7 Å². The minimum absolute atomic E-state index is 0.0940. The number of rotatable bonds is 5. The van der Waals surface area contributed by atoms with Gasteiger partial charge in [0.1, 0.15) is 0 Å². The Morgan fingerprint density at radius 2 is 1.71 bits per heavy atom. The van der Waals surface area contributed by atoms with E-state index in [4.69, 9.17) is 11.6 Å². The van der Waals surface area contributed by atoms with E-state index in [0.29, 0.717) is 22.7 Å². The maximum Gasteiger partial charge on any atom is 0.254 e. The van der Waals surface area contributed by atoms with Gasteiger partial charge < -0.3 is 15.1 Å². The number of anilines is 1. The molecule has 164 valence electrons. The maximum absolute atomic E-state index is 12.6. The Morgan fingerprint density at radius 1 is 1.03 bits per heavy atom. The Bertz CT molecular complexity index is 936. The van der Waals surface area contributed by atoms with E-state index in [9.17, 15) is 9.59 Å². The van der Waals surface area contributed by atoms with Crippen LogP contribution in [0.25, 0.3) is 0 Å². The van der Waals surface area contributed by atoms with Gasteiger partial charge in [0.05, 0.1) is 16.6 Å². The molecule has 0 spiro atoms. The van der Waals surface area contributed by atoms with Crippen LogP contribution >= 0.6 is 11.6 Å². The summed E-state index contributed by atoms with van der Waals surface area (Å²) in [4.78, 5) is 30.7. The highest BCUT2D eigenvalue weighted by Gasteiger charge is 2.35. The Balaban J connectivity index is 1.24. The molecule has 2 fully saturated rings. The summed E-state index contributed by atoms with van der Waals surface area (Å²) in [5.74, 6) is 0.0405. The minimum Gasteiger partial charge on any atom is -0.380 e. The summed E-state index contributed by atoms with van der Waals surface area (Å²) < 4.78 is 0. The molecule has 6 nitrogen and oxygen atoms in total. The van der Waals surface area contributed by atoms with Gasteiger partial charge in [-0.15, -0.1) is 0 Å². The van der Waals surface area contributed by atoms with Crippen molar-refractivity contribution in [2.24, 2.45) is 0 Å². The van der Waals surface area contributed by atoms with Crippen molar-refractivity contribution in [2.75, 3.05) is 45.6 Å². The van der Waals surface area contributed by atoms with E-state index < -0.39 is 0 Å². The lowest BCUT2D eigenvalue weighted by molar-refractivity contribution is 0.0442. The van der Waals surface area contributed by atoms with E-state index >= 15 is 0 Å². The van der Waals surface area contributed by atoms with Crippen LogP contribution in [0.4, 0.5) is 5.69 Å². The van der Waals surface area contributed by atoms with E-state index in [1.807, 2.05) is 47.4 Å². The molecule has 0 radical (unpaired) electrons. The number of halogens is 1. The van der Waals surface area contributed by atoms with Crippen LogP contribution in [0, 0.1) is 0 Å². The van der Waals surface area contributed by atoms with Gasteiger partial charge in [0.2, 0.25) is 0 Å². The molecule has 2 aliphatic heterocycles. The molecule has 2 amide bonds. The molecule has 1 N–H and O–H groups in total. The zero-order valence-corrected chi connectivity index (χ0v) is 18.8. The summed E-state index contributed by atoms with van der Waals surface area (Å²) in [7, 11) is 3.44. The van der Waals surface area contributed by atoms with Crippen LogP contribution in [0.2, 0.25) is 5.02 Å². The van der Waals surface area contributed by atoms with Crippen molar-refractivity contribution >= 4 is 29.1 Å². The van der Waals surface area contributed by atoms with Crippen LogP contribution in [-0.2, 0) is 0 Å². The fourth-order valence-corrected chi connectivity index (χ4v) is 4.62. The molecule has 0 bridgehead atoms. The number of likely N-dealkylation sites (tertiary alicyclic amines) is 2. The average Bonchev–Trinajstić information content (AvgIpc) is 2.76. The van der Waals surface area contributed by atoms with E-state index in [1.54, 1.807) is 20.2 Å². The summed E-state index contributed by atoms with van der Waals surface area (Å²) in [5.41, 5.74) is 2.23. The molecular formula is C24H29ClN4O2. The van der Waals surface area contributed by atoms with Gasteiger partial charge in [-0.25, -0.2) is 0 Å². The Kier molecular flexibility index (Phi) is 6.49. The predicted octanol–water partition coefficient (Wildman–Crippen LogP) is 3.44. The number of hydrogen-bond acceptors (Lipinski definition) is 4. The number of nitrogens with one attached hydrogen (secondary N) is 1. The normalized spacial score (nSPS) is 17.8. The van der Waals surface area contributed by atoms with E-state index in [-0.39, 0.29) is 11.8 Å². The fourth-order valence-electron chi connectivity index (χ4n) is 4.35. The zero-order chi connectivity index (χ0) is 22.0. The van der Waals surface area contributed by atoms with Gasteiger partial charge in [-0.05, 0) is 43.2 Å². The Hall–Kier alpha value is -2.57. The molecule has 0 atom stereocenters. The number of carbonyl (C=O) groups excluding carboxylic acids is 2. The molecule has 0 aliphatic carbocycles. The highest BCUT2D eigenvalue weighted by atomic mass is 35.5. The van der Waals surface area contributed by atoms with Gasteiger partial charge in [-0.1, -0.05) is 29.8 Å². The number of benzene rings is 2. The fraction of sp³-hybridized carbons (Fsp3) is 0.417. The lowest BCUT2D eigenvalue weighted by atomic mass is 9.96. The van der Waals surface area contributed by atoms with Crippen molar-refractivity contribution in [3.8, 4) is 0 Å². The number of piperidine rings is 1. The molecule has 2 aromatic carbocycles. The first-order valence-electron chi connectivity index (χ1n) is 10.8. The summed E-state index contributed by atoms with van der Waals surface area (Å²) in [6.07, 6.45) is 2.02. The molecule has 0 aromatic heterocycles. The van der Waals surface area contributed by atoms with Crippen LogP contribution in [0.3, 0.4) is 0 Å². The van der Waals surface area contributed by atoms with Gasteiger partial charge in [-0.2, -0.15) is 0 Å². The molecule has 4 rings (SSSR count). The minimum atomic E-state index is -0.0940. The Labute approximate surface area is 188 Å².